The number of hydrogen-bond acceptors (Lipinski definition) is 4. The molecule has 1 aliphatic heterocycles. The highest BCUT2D eigenvalue weighted by atomic mass is 35.6. The summed E-state index contributed by atoms with van der Waals surface area (Å²) in [7, 11) is 1.57. The quantitative estimate of drug-likeness (QED) is 0.286. The Morgan fingerprint density at radius 3 is 1.93 bits per heavy atom. The Bertz CT molecular complexity index is 789. The summed E-state index contributed by atoms with van der Waals surface area (Å²) in [6, 6.07) is 7.16. The van der Waals surface area contributed by atoms with Crippen LogP contribution < -0.4 is 4.74 Å². The van der Waals surface area contributed by atoms with Gasteiger partial charge in [0.2, 0.25) is 7.59 Å². The van der Waals surface area contributed by atoms with E-state index in [0.717, 1.165) is 10.5 Å². The number of ether oxygens (including phenoxy) is 1. The lowest BCUT2D eigenvalue weighted by molar-refractivity contribution is 0.361. The van der Waals surface area contributed by atoms with E-state index in [1.54, 1.807) is 43.5 Å². The van der Waals surface area contributed by atoms with Crippen LogP contribution in [0.1, 0.15) is 5.56 Å². The van der Waals surface area contributed by atoms with Gasteiger partial charge in [0.1, 0.15) is 11.9 Å². The molecule has 1 unspecified atom stereocenters. The number of benzene rings is 1. The van der Waals surface area contributed by atoms with E-state index in [1.165, 1.54) is 0 Å². The summed E-state index contributed by atoms with van der Waals surface area (Å²) in [5.41, 5.74) is 0.800. The van der Waals surface area contributed by atoms with Crippen molar-refractivity contribution in [2.24, 2.45) is 9.98 Å². The van der Waals surface area contributed by atoms with Gasteiger partial charge in [-0.2, -0.15) is 0 Å². The Kier molecular flexibility index (Phi) is 8.26. The minimum Gasteiger partial charge on any atom is -0.497 e. The molecule has 154 valence electrons. The first-order valence-electron chi connectivity index (χ1n) is 7.22. The molecule has 0 aromatic heterocycles. The highest BCUT2D eigenvalue weighted by molar-refractivity contribution is 6.79. The van der Waals surface area contributed by atoms with Gasteiger partial charge >= 0.3 is 0 Å². The molecule has 1 heterocycles. The molecule has 0 bridgehead atoms. The standard InChI is InChI=1S/C15H10Cl9N3O/c1-28-9-5-2-8(3-6-9)4-7-10-25-11(13(16,17)18)26-12(14(19,20)21)27(10)15(22,23)24/h2-7,10H,1H3. The topological polar surface area (TPSA) is 37.2 Å². The van der Waals surface area contributed by atoms with Crippen molar-refractivity contribution in [1.82, 2.24) is 4.90 Å². The zero-order valence-electron chi connectivity index (χ0n) is 13.7. The Balaban J connectivity index is 2.51. The average molecular weight is 567 g/mol. The lowest BCUT2D eigenvalue weighted by Crippen LogP contribution is -2.54. The maximum Gasteiger partial charge on any atom is 0.271 e. The Morgan fingerprint density at radius 2 is 1.50 bits per heavy atom. The van der Waals surface area contributed by atoms with E-state index in [-0.39, 0.29) is 11.7 Å². The molecule has 0 spiro atoms. The van der Waals surface area contributed by atoms with E-state index in [4.69, 9.17) is 109 Å². The van der Waals surface area contributed by atoms with Crippen molar-refractivity contribution in [3.05, 3.63) is 35.9 Å². The summed E-state index contributed by atoms with van der Waals surface area (Å²) in [6.07, 6.45) is 2.28. The number of nitrogens with zero attached hydrogens (tertiary/aromatic N) is 3. The minimum absolute atomic E-state index is 0.228. The third-order valence-electron chi connectivity index (χ3n) is 3.32. The Labute approximate surface area is 206 Å². The fourth-order valence-electron chi connectivity index (χ4n) is 2.14. The zero-order chi connectivity index (χ0) is 21.3. The Morgan fingerprint density at radius 1 is 0.929 bits per heavy atom. The highest BCUT2D eigenvalue weighted by Gasteiger charge is 2.48. The summed E-state index contributed by atoms with van der Waals surface area (Å²) in [5.74, 6) is 0.201. The van der Waals surface area contributed by atoms with Gasteiger partial charge in [0.15, 0.2) is 11.7 Å². The maximum absolute atomic E-state index is 6.07. The molecule has 0 amide bonds. The van der Waals surface area contributed by atoms with Crippen LogP contribution in [0.5, 0.6) is 5.75 Å². The van der Waals surface area contributed by atoms with Gasteiger partial charge in [0.05, 0.1) is 7.11 Å². The number of methoxy groups -OCH3 is 1. The molecule has 0 saturated heterocycles. The fraction of sp³-hybridized carbons (Fsp3) is 0.333. The van der Waals surface area contributed by atoms with Gasteiger partial charge in [-0.3, -0.25) is 4.90 Å². The summed E-state index contributed by atoms with van der Waals surface area (Å²) in [5, 5.41) is 0. The molecule has 0 N–H and O–H groups in total. The normalized spacial score (nSPS) is 18.9. The summed E-state index contributed by atoms with van der Waals surface area (Å²) in [4.78, 5) is 9.30. The molecule has 1 aromatic rings. The number of rotatable bonds is 3. The monoisotopic (exact) mass is 563 g/mol. The minimum atomic E-state index is -2.09. The first kappa shape index (κ1) is 24.8. The predicted octanol–water partition coefficient (Wildman–Crippen LogP) is 7.22. The van der Waals surface area contributed by atoms with E-state index in [9.17, 15) is 0 Å². The van der Waals surface area contributed by atoms with Crippen molar-refractivity contribution < 1.29 is 4.74 Å². The molecule has 1 aliphatic rings. The lowest BCUT2D eigenvalue weighted by atomic mass is 10.2. The van der Waals surface area contributed by atoms with Crippen molar-refractivity contribution in [3.8, 4) is 5.75 Å². The van der Waals surface area contributed by atoms with Gasteiger partial charge in [0, 0.05) is 0 Å². The summed E-state index contributed by atoms with van der Waals surface area (Å²) in [6.45, 7) is 0. The summed E-state index contributed by atoms with van der Waals surface area (Å²) < 4.78 is -1.03. The molecular weight excluding hydrogens is 557 g/mol. The van der Waals surface area contributed by atoms with Crippen molar-refractivity contribution in [2.75, 3.05) is 7.11 Å². The number of halogens is 9. The van der Waals surface area contributed by atoms with E-state index in [2.05, 4.69) is 9.98 Å². The van der Waals surface area contributed by atoms with Crippen LogP contribution in [0.25, 0.3) is 6.08 Å². The van der Waals surface area contributed by atoms with Crippen molar-refractivity contribution in [3.63, 3.8) is 0 Å². The fourth-order valence-corrected chi connectivity index (χ4v) is 3.35. The number of amidine groups is 2. The zero-order valence-corrected chi connectivity index (χ0v) is 20.5. The van der Waals surface area contributed by atoms with Crippen LogP contribution in [0.3, 0.4) is 0 Å². The highest BCUT2D eigenvalue weighted by Crippen LogP contribution is 2.43. The van der Waals surface area contributed by atoms with Crippen molar-refractivity contribution in [1.29, 1.82) is 0 Å². The second kappa shape index (κ2) is 9.33. The van der Waals surface area contributed by atoms with Crippen LogP contribution in [-0.4, -0.2) is 41.3 Å². The van der Waals surface area contributed by atoms with Crippen LogP contribution in [0.2, 0.25) is 0 Å². The maximum atomic E-state index is 6.07. The van der Waals surface area contributed by atoms with Gasteiger partial charge < -0.3 is 4.74 Å². The van der Waals surface area contributed by atoms with Gasteiger partial charge in [-0.1, -0.05) is 123 Å². The van der Waals surface area contributed by atoms with E-state index in [1.807, 2.05) is 0 Å². The first-order chi connectivity index (χ1) is 12.7. The van der Waals surface area contributed by atoms with Crippen LogP contribution >= 0.6 is 104 Å². The van der Waals surface area contributed by atoms with Crippen molar-refractivity contribution in [2.45, 2.75) is 17.7 Å². The number of alkyl halides is 9. The van der Waals surface area contributed by atoms with E-state index >= 15 is 0 Å². The van der Waals surface area contributed by atoms with Gasteiger partial charge in [-0.05, 0) is 23.8 Å². The molecule has 0 aliphatic carbocycles. The largest absolute Gasteiger partial charge is 0.497 e. The third kappa shape index (κ3) is 6.50. The van der Waals surface area contributed by atoms with Crippen LogP contribution in [0.4, 0.5) is 0 Å². The molecule has 2 rings (SSSR count). The molecule has 1 aromatic carbocycles. The molecular formula is C15H10Cl9N3O. The molecule has 0 saturated carbocycles. The van der Waals surface area contributed by atoms with E-state index in [0.29, 0.717) is 5.75 Å². The molecule has 1 atom stereocenters. The number of aliphatic imine (C=N–C) groups is 2. The van der Waals surface area contributed by atoms with Gasteiger partial charge in [0.25, 0.3) is 3.92 Å². The third-order valence-corrected chi connectivity index (χ3v) is 4.88. The average Bonchev–Trinajstić information content (AvgIpc) is 2.57. The van der Waals surface area contributed by atoms with Gasteiger partial charge in [-0.15, -0.1) is 0 Å². The Hall–Kier alpha value is 0.510. The predicted molar refractivity (Wildman–Crippen MR) is 123 cm³/mol. The second-order valence-corrected chi connectivity index (χ2v) is 12.1. The van der Waals surface area contributed by atoms with Crippen LogP contribution in [0, 0.1) is 0 Å². The van der Waals surface area contributed by atoms with Crippen LogP contribution in [-0.2, 0) is 0 Å². The molecule has 4 nitrogen and oxygen atoms in total. The molecule has 13 heteroatoms. The van der Waals surface area contributed by atoms with E-state index < -0.39 is 17.7 Å². The first-order valence-corrected chi connectivity index (χ1v) is 10.6. The molecule has 28 heavy (non-hydrogen) atoms. The van der Waals surface area contributed by atoms with Crippen molar-refractivity contribution >= 4 is 122 Å². The SMILES string of the molecule is COc1ccc(C=CC2N=C(C(Cl)(Cl)Cl)N=C(C(Cl)(Cl)Cl)N2C(Cl)(Cl)Cl)cc1. The summed E-state index contributed by atoms with van der Waals surface area (Å²) >= 11 is 54.0. The smallest absolute Gasteiger partial charge is 0.271 e. The van der Waals surface area contributed by atoms with Gasteiger partial charge in [-0.25, -0.2) is 9.98 Å². The van der Waals surface area contributed by atoms with Crippen LogP contribution in [0.15, 0.2) is 40.3 Å². The number of hydrogen-bond donors (Lipinski definition) is 0. The molecule has 0 radical (unpaired) electrons. The second-order valence-electron chi connectivity index (χ2n) is 5.27. The lowest BCUT2D eigenvalue weighted by Gasteiger charge is -2.40. The molecule has 0 fully saturated rings.